The third-order valence-corrected chi connectivity index (χ3v) is 6.14. The molecular formula is C21H25N3O7S. The van der Waals surface area contributed by atoms with Crippen molar-refractivity contribution in [2.24, 2.45) is 0 Å². The summed E-state index contributed by atoms with van der Waals surface area (Å²) >= 11 is 0. The highest BCUT2D eigenvalue weighted by Gasteiger charge is 2.35. The number of benzene rings is 2. The Morgan fingerprint density at radius 2 is 1.97 bits per heavy atom. The van der Waals surface area contributed by atoms with Crippen molar-refractivity contribution in [3.8, 4) is 17.2 Å². The zero-order valence-electron chi connectivity index (χ0n) is 17.3. The van der Waals surface area contributed by atoms with Gasteiger partial charge in [-0.15, -0.1) is 0 Å². The van der Waals surface area contributed by atoms with E-state index in [1.807, 2.05) is 4.72 Å². The number of phenolic OH excluding ortho intramolecular Hbond substituents is 2. The van der Waals surface area contributed by atoms with Crippen LogP contribution < -0.4 is 19.1 Å². The lowest BCUT2D eigenvalue weighted by molar-refractivity contribution is -0.121. The van der Waals surface area contributed by atoms with E-state index in [1.165, 1.54) is 18.2 Å². The third-order valence-electron chi connectivity index (χ3n) is 4.75. The normalized spacial score (nSPS) is 14.8. The summed E-state index contributed by atoms with van der Waals surface area (Å²) in [7, 11) is -4.00. The molecular weight excluding hydrogens is 438 g/mol. The summed E-state index contributed by atoms with van der Waals surface area (Å²) in [6.07, 6.45) is 2.05. The van der Waals surface area contributed by atoms with Crippen molar-refractivity contribution in [1.82, 2.24) is 10.0 Å². The number of amides is 2. The monoisotopic (exact) mass is 463 g/mol. The zero-order valence-corrected chi connectivity index (χ0v) is 18.1. The van der Waals surface area contributed by atoms with Crippen LogP contribution in [0.2, 0.25) is 0 Å². The number of nitrogens with zero attached hydrogens (tertiary/aromatic N) is 1. The minimum Gasteiger partial charge on any atom is -0.508 e. The summed E-state index contributed by atoms with van der Waals surface area (Å²) in [6.45, 7) is 0.579. The van der Waals surface area contributed by atoms with Crippen molar-refractivity contribution in [3.63, 3.8) is 0 Å². The van der Waals surface area contributed by atoms with Crippen LogP contribution in [0.3, 0.4) is 0 Å². The first-order valence-electron chi connectivity index (χ1n) is 10.1. The van der Waals surface area contributed by atoms with Crippen LogP contribution in [-0.4, -0.2) is 50.1 Å². The summed E-state index contributed by atoms with van der Waals surface area (Å²) in [5, 5.41) is 22.4. The summed E-state index contributed by atoms with van der Waals surface area (Å²) in [6, 6.07) is 11.0. The third kappa shape index (κ3) is 6.27. The van der Waals surface area contributed by atoms with Crippen LogP contribution >= 0.6 is 0 Å². The van der Waals surface area contributed by atoms with Crippen LogP contribution in [0.25, 0.3) is 0 Å². The van der Waals surface area contributed by atoms with Crippen molar-refractivity contribution in [2.75, 3.05) is 24.0 Å². The number of hydrogen-bond donors (Lipinski definition) is 4. The number of anilines is 1. The first-order chi connectivity index (χ1) is 15.2. The van der Waals surface area contributed by atoms with E-state index in [1.54, 1.807) is 24.3 Å². The predicted molar refractivity (Wildman–Crippen MR) is 117 cm³/mol. The fourth-order valence-electron chi connectivity index (χ4n) is 3.16. The Hall–Kier alpha value is -3.47. The molecule has 4 N–H and O–H groups in total. The van der Waals surface area contributed by atoms with E-state index < -0.39 is 22.7 Å². The van der Waals surface area contributed by atoms with Crippen molar-refractivity contribution >= 4 is 27.7 Å². The summed E-state index contributed by atoms with van der Waals surface area (Å²) < 4.78 is 31.9. The number of phenols is 2. The zero-order chi connectivity index (χ0) is 23.1. The molecule has 0 aromatic heterocycles. The topological polar surface area (TPSA) is 145 Å². The van der Waals surface area contributed by atoms with Gasteiger partial charge in [0.05, 0.1) is 12.3 Å². The molecule has 0 spiro atoms. The maximum Gasteiger partial charge on any atom is 0.326 e. The average molecular weight is 464 g/mol. The van der Waals surface area contributed by atoms with Crippen LogP contribution in [0.5, 0.6) is 17.2 Å². The van der Waals surface area contributed by atoms with E-state index in [4.69, 9.17) is 4.74 Å². The Balaban J connectivity index is 1.37. The second kappa shape index (κ2) is 10.2. The Morgan fingerprint density at radius 1 is 1.16 bits per heavy atom. The summed E-state index contributed by atoms with van der Waals surface area (Å²) in [4.78, 5) is 23.4. The van der Waals surface area contributed by atoms with E-state index in [2.05, 4.69) is 5.32 Å². The van der Waals surface area contributed by atoms with Crippen LogP contribution in [0.15, 0.2) is 42.5 Å². The summed E-state index contributed by atoms with van der Waals surface area (Å²) in [5.41, 5.74) is 0.668. The fourth-order valence-corrected chi connectivity index (χ4v) is 4.32. The lowest BCUT2D eigenvalue weighted by atomic mass is 10.1. The van der Waals surface area contributed by atoms with Gasteiger partial charge in [-0.25, -0.2) is 9.03 Å². The largest absolute Gasteiger partial charge is 0.508 e. The van der Waals surface area contributed by atoms with E-state index in [0.29, 0.717) is 30.9 Å². The highest BCUT2D eigenvalue weighted by Crippen LogP contribution is 2.31. The first kappa shape index (κ1) is 23.2. The van der Waals surface area contributed by atoms with Crippen molar-refractivity contribution < 1.29 is 33.0 Å². The molecule has 2 aromatic carbocycles. The standard InChI is InChI=1S/C21H25N3O7S/c25-16-4-3-5-17(13-16)31-11-2-1-10-22-20(27)9-7-15-6-8-18(19(26)12-15)24-14-21(28)23-32(24,29)30/h3-6,8,12-13,25-26H,1-2,7,9-11,14H2,(H,22,27)(H,23,28). The number of ether oxygens (including phenoxy) is 1. The number of carbonyl (C=O) groups excluding carboxylic acids is 2. The SMILES string of the molecule is O=C(CCc1ccc(N2CC(=O)NS2(=O)=O)c(O)c1)NCCCCOc1cccc(O)c1. The number of aromatic hydroxyl groups is 2. The number of aryl methyl sites for hydroxylation is 1. The van der Waals surface area contributed by atoms with E-state index >= 15 is 0 Å². The Kier molecular flexibility index (Phi) is 7.41. The molecule has 11 heteroatoms. The molecule has 3 rings (SSSR count). The van der Waals surface area contributed by atoms with Gasteiger partial charge in [0.25, 0.3) is 5.91 Å². The van der Waals surface area contributed by atoms with Gasteiger partial charge in [0, 0.05) is 19.0 Å². The second-order valence-electron chi connectivity index (χ2n) is 7.26. The van der Waals surface area contributed by atoms with Crippen molar-refractivity contribution in [2.45, 2.75) is 25.7 Å². The molecule has 0 atom stereocenters. The highest BCUT2D eigenvalue weighted by molar-refractivity contribution is 7.92. The van der Waals surface area contributed by atoms with Gasteiger partial charge in [-0.05, 0) is 49.1 Å². The molecule has 172 valence electrons. The number of rotatable bonds is 10. The van der Waals surface area contributed by atoms with Gasteiger partial charge in [-0.2, -0.15) is 8.42 Å². The smallest absolute Gasteiger partial charge is 0.326 e. The number of nitrogens with one attached hydrogen (secondary N) is 2. The van der Waals surface area contributed by atoms with Crippen molar-refractivity contribution in [3.05, 3.63) is 48.0 Å². The molecule has 2 aromatic rings. The molecule has 32 heavy (non-hydrogen) atoms. The molecule has 0 unspecified atom stereocenters. The molecule has 0 radical (unpaired) electrons. The molecule has 1 aliphatic heterocycles. The molecule has 2 amide bonds. The van der Waals surface area contributed by atoms with Crippen LogP contribution in [-0.2, 0) is 26.2 Å². The fraction of sp³-hybridized carbons (Fsp3) is 0.333. The molecule has 10 nitrogen and oxygen atoms in total. The van der Waals surface area contributed by atoms with Gasteiger partial charge < -0.3 is 20.3 Å². The van der Waals surface area contributed by atoms with Gasteiger partial charge >= 0.3 is 10.2 Å². The van der Waals surface area contributed by atoms with Gasteiger partial charge in [0.1, 0.15) is 23.8 Å². The Morgan fingerprint density at radius 3 is 2.66 bits per heavy atom. The Bertz CT molecular complexity index is 1090. The van der Waals surface area contributed by atoms with Crippen LogP contribution in [0.4, 0.5) is 5.69 Å². The van der Waals surface area contributed by atoms with Gasteiger partial charge in [-0.3, -0.25) is 9.59 Å². The number of hydrogen-bond acceptors (Lipinski definition) is 7. The number of carbonyl (C=O) groups is 2. The lowest BCUT2D eigenvalue weighted by Crippen LogP contribution is -2.29. The van der Waals surface area contributed by atoms with Gasteiger partial charge in [0.2, 0.25) is 5.91 Å². The lowest BCUT2D eigenvalue weighted by Gasteiger charge is -2.16. The van der Waals surface area contributed by atoms with E-state index in [0.717, 1.165) is 17.1 Å². The first-order valence-corrected chi connectivity index (χ1v) is 11.5. The quantitative estimate of drug-likeness (QED) is 0.387. The maximum atomic E-state index is 12.0. The van der Waals surface area contributed by atoms with E-state index in [-0.39, 0.29) is 29.5 Å². The van der Waals surface area contributed by atoms with Crippen molar-refractivity contribution in [1.29, 1.82) is 0 Å². The highest BCUT2D eigenvalue weighted by atomic mass is 32.2. The second-order valence-corrected chi connectivity index (χ2v) is 8.86. The van der Waals surface area contributed by atoms with Crippen LogP contribution in [0.1, 0.15) is 24.8 Å². The summed E-state index contributed by atoms with van der Waals surface area (Å²) in [5.74, 6) is -0.357. The molecule has 0 aliphatic carbocycles. The van der Waals surface area contributed by atoms with Gasteiger partial charge in [0.15, 0.2) is 0 Å². The molecule has 0 saturated carbocycles. The molecule has 1 aliphatic rings. The predicted octanol–water partition coefficient (Wildman–Crippen LogP) is 1.19. The van der Waals surface area contributed by atoms with E-state index in [9.17, 15) is 28.2 Å². The average Bonchev–Trinajstić information content (AvgIpc) is 3.01. The minimum absolute atomic E-state index is 0.00415. The maximum absolute atomic E-state index is 12.0. The molecule has 1 saturated heterocycles. The van der Waals surface area contributed by atoms with Crippen LogP contribution in [0, 0.1) is 0 Å². The molecule has 0 bridgehead atoms. The molecule has 1 fully saturated rings. The molecule has 1 heterocycles. The number of unbranched alkanes of at least 4 members (excludes halogenated alkanes) is 1. The van der Waals surface area contributed by atoms with Gasteiger partial charge in [-0.1, -0.05) is 12.1 Å². The Labute approximate surface area is 186 Å². The minimum atomic E-state index is -4.00.